The number of esters is 2. The van der Waals surface area contributed by atoms with Gasteiger partial charge in [0.05, 0.1) is 17.1 Å². The molecule has 0 bridgehead atoms. The highest BCUT2D eigenvalue weighted by molar-refractivity contribution is 5.98. The topological polar surface area (TPSA) is 102 Å². The lowest BCUT2D eigenvalue weighted by Crippen LogP contribution is -2.65. The molecule has 1 saturated heterocycles. The second-order valence-corrected chi connectivity index (χ2v) is 13.2. The van der Waals surface area contributed by atoms with Crippen molar-refractivity contribution in [3.63, 3.8) is 0 Å². The van der Waals surface area contributed by atoms with E-state index in [2.05, 4.69) is 6.92 Å². The summed E-state index contributed by atoms with van der Waals surface area (Å²) >= 11 is 0. The second kappa shape index (κ2) is 7.78. The van der Waals surface area contributed by atoms with Gasteiger partial charge in [-0.25, -0.2) is 4.79 Å². The van der Waals surface area contributed by atoms with Gasteiger partial charge in [-0.3, -0.25) is 9.59 Å². The maximum absolute atomic E-state index is 13.6. The predicted octanol–water partition coefficient (Wildman–Crippen LogP) is 4.07. The minimum Gasteiger partial charge on any atom is -0.458 e. The van der Waals surface area contributed by atoms with Gasteiger partial charge < -0.3 is 19.3 Å². The fourth-order valence-electron chi connectivity index (χ4n) is 9.75. The SMILES string of the molecule is CC(=O)O[C@H]1C=CC(=O)[C@]2(C)[C@H]3CC[C@@]4(C)[C@@H](CC[C@]4(O)[C@H](C)[C@H]4CC(C)=C(C)C(=O)O4)[C@@H]3C[C@H]3O[C@]132. The molecular weight excluding hydrogens is 472 g/mol. The van der Waals surface area contributed by atoms with E-state index in [9.17, 15) is 19.5 Å². The molecule has 0 radical (unpaired) electrons. The summed E-state index contributed by atoms with van der Waals surface area (Å²) in [5, 5.41) is 12.4. The van der Waals surface area contributed by atoms with E-state index >= 15 is 0 Å². The van der Waals surface area contributed by atoms with Gasteiger partial charge in [0.15, 0.2) is 11.9 Å². The summed E-state index contributed by atoms with van der Waals surface area (Å²) in [7, 11) is 0. The largest absolute Gasteiger partial charge is 0.458 e. The molecular formula is C30H40O7. The molecule has 1 spiro atoms. The molecule has 6 rings (SSSR count). The predicted molar refractivity (Wildman–Crippen MR) is 134 cm³/mol. The minimum atomic E-state index is -0.963. The summed E-state index contributed by atoms with van der Waals surface area (Å²) in [6, 6.07) is 0. The number of cyclic esters (lactones) is 1. The van der Waals surface area contributed by atoms with E-state index < -0.39 is 22.7 Å². The number of epoxide rings is 1. The number of carbonyl (C=O) groups is 3. The van der Waals surface area contributed by atoms with E-state index in [0.717, 1.165) is 31.3 Å². The number of allylic oxidation sites excluding steroid dienone is 1. The molecule has 3 saturated carbocycles. The highest BCUT2D eigenvalue weighted by Crippen LogP contribution is 2.74. The van der Waals surface area contributed by atoms with Gasteiger partial charge in [-0.2, -0.15) is 0 Å². The highest BCUT2D eigenvalue weighted by atomic mass is 16.7. The molecule has 1 N–H and O–H groups in total. The van der Waals surface area contributed by atoms with Crippen LogP contribution < -0.4 is 0 Å². The van der Waals surface area contributed by atoms with Crippen LogP contribution in [0.4, 0.5) is 0 Å². The van der Waals surface area contributed by atoms with Crippen LogP contribution in [0.5, 0.6) is 0 Å². The lowest BCUT2D eigenvalue weighted by Gasteiger charge is -2.59. The Labute approximate surface area is 219 Å². The lowest BCUT2D eigenvalue weighted by atomic mass is 9.44. The van der Waals surface area contributed by atoms with Crippen molar-refractivity contribution in [2.75, 3.05) is 0 Å². The van der Waals surface area contributed by atoms with Gasteiger partial charge in [0.2, 0.25) is 0 Å². The van der Waals surface area contributed by atoms with Gasteiger partial charge in [-0.1, -0.05) is 19.4 Å². The van der Waals surface area contributed by atoms with Crippen LogP contribution in [-0.4, -0.2) is 52.3 Å². The quantitative estimate of drug-likeness (QED) is 0.449. The molecule has 0 aromatic heterocycles. The van der Waals surface area contributed by atoms with Crippen molar-refractivity contribution in [2.24, 2.45) is 34.5 Å². The number of hydrogen-bond donors (Lipinski definition) is 1. The first-order valence-electron chi connectivity index (χ1n) is 14.0. The average molecular weight is 513 g/mol. The standard InChI is InChI=1S/C30H40O7/c1-15-13-22(36-26(33)16(15)2)17(3)29(34)12-10-20-19-14-25-30(37-25)24(35-18(4)31)8-7-23(32)28(30,6)21(19)9-11-27(20,29)5/h7-8,17,19-22,24-25,34H,9-14H2,1-6H3/t17-,19+,20+,21+,22-,24+,25-,27+,28+,29+,30-/m1/s1. The van der Waals surface area contributed by atoms with Crippen LogP contribution in [0.2, 0.25) is 0 Å². The first-order chi connectivity index (χ1) is 17.3. The van der Waals surface area contributed by atoms with Crippen molar-refractivity contribution in [1.29, 1.82) is 0 Å². The Bertz CT molecular complexity index is 1140. The Morgan fingerprint density at radius 1 is 1.16 bits per heavy atom. The van der Waals surface area contributed by atoms with Gasteiger partial charge >= 0.3 is 11.9 Å². The van der Waals surface area contributed by atoms with Crippen molar-refractivity contribution >= 4 is 17.7 Å². The van der Waals surface area contributed by atoms with Crippen LogP contribution in [-0.2, 0) is 28.6 Å². The maximum atomic E-state index is 13.6. The smallest absolute Gasteiger partial charge is 0.333 e. The second-order valence-electron chi connectivity index (χ2n) is 13.2. The van der Waals surface area contributed by atoms with Gasteiger partial charge in [-0.15, -0.1) is 0 Å². The molecule has 0 aromatic rings. The highest BCUT2D eigenvalue weighted by Gasteiger charge is 2.81. The number of hydrogen-bond acceptors (Lipinski definition) is 7. The summed E-state index contributed by atoms with van der Waals surface area (Å²) in [6.07, 6.45) is 6.86. The summed E-state index contributed by atoms with van der Waals surface area (Å²) in [4.78, 5) is 37.9. The van der Waals surface area contributed by atoms with Gasteiger partial charge in [0.25, 0.3) is 0 Å². The average Bonchev–Trinajstić information content (AvgIpc) is 3.50. The molecule has 2 aliphatic heterocycles. The number of aliphatic hydroxyl groups is 1. The molecule has 7 heteroatoms. The third kappa shape index (κ3) is 2.99. The monoisotopic (exact) mass is 512 g/mol. The van der Waals surface area contributed by atoms with E-state index in [1.54, 1.807) is 19.1 Å². The van der Waals surface area contributed by atoms with Crippen LogP contribution in [0, 0.1) is 34.5 Å². The maximum Gasteiger partial charge on any atom is 0.333 e. The number of rotatable bonds is 3. The zero-order chi connectivity index (χ0) is 26.7. The van der Waals surface area contributed by atoms with Crippen molar-refractivity contribution in [3.8, 4) is 0 Å². The van der Waals surface area contributed by atoms with E-state index in [0.29, 0.717) is 18.4 Å². The third-order valence-electron chi connectivity index (χ3n) is 12.1. The molecule has 202 valence electrons. The Kier molecular flexibility index (Phi) is 5.32. The normalized spacial score (nSPS) is 50.9. The van der Waals surface area contributed by atoms with Crippen molar-refractivity contribution in [2.45, 2.75) is 110 Å². The van der Waals surface area contributed by atoms with E-state index in [1.165, 1.54) is 6.92 Å². The molecule has 0 unspecified atom stereocenters. The van der Waals surface area contributed by atoms with Crippen LogP contribution in [0.25, 0.3) is 0 Å². The molecule has 4 fully saturated rings. The molecule has 0 amide bonds. The Hall–Kier alpha value is -1.99. The molecule has 7 nitrogen and oxygen atoms in total. The van der Waals surface area contributed by atoms with Crippen molar-refractivity contribution < 1.29 is 33.7 Å². The molecule has 6 aliphatic rings. The fourth-order valence-corrected chi connectivity index (χ4v) is 9.75. The number of fused-ring (bicyclic) bond motifs is 4. The summed E-state index contributed by atoms with van der Waals surface area (Å²) in [6.45, 7) is 11.5. The van der Waals surface area contributed by atoms with Crippen LogP contribution in [0.1, 0.15) is 80.1 Å². The first kappa shape index (κ1) is 25.3. The summed E-state index contributed by atoms with van der Waals surface area (Å²) < 4.78 is 17.9. The summed E-state index contributed by atoms with van der Waals surface area (Å²) in [5.41, 5.74) is -1.14. The molecule has 11 atom stereocenters. The zero-order valence-corrected chi connectivity index (χ0v) is 22.8. The number of ether oxygens (including phenoxy) is 3. The zero-order valence-electron chi connectivity index (χ0n) is 22.8. The number of ketones is 1. The molecule has 2 heterocycles. The van der Waals surface area contributed by atoms with Gasteiger partial charge in [0, 0.05) is 24.8 Å². The summed E-state index contributed by atoms with van der Waals surface area (Å²) in [5.74, 6) is -0.219. The van der Waals surface area contributed by atoms with Crippen LogP contribution in [0.15, 0.2) is 23.3 Å². The Balaban J connectivity index is 1.31. The van der Waals surface area contributed by atoms with E-state index in [-0.39, 0.29) is 59.0 Å². The fraction of sp³-hybridized carbons (Fsp3) is 0.767. The van der Waals surface area contributed by atoms with Crippen LogP contribution in [0.3, 0.4) is 0 Å². The van der Waals surface area contributed by atoms with Gasteiger partial charge in [-0.05, 0) is 88.2 Å². The Morgan fingerprint density at radius 2 is 1.86 bits per heavy atom. The lowest BCUT2D eigenvalue weighted by molar-refractivity contribution is -0.190. The Morgan fingerprint density at radius 3 is 2.54 bits per heavy atom. The van der Waals surface area contributed by atoms with Crippen LogP contribution >= 0.6 is 0 Å². The number of carbonyl (C=O) groups excluding carboxylic acids is 3. The van der Waals surface area contributed by atoms with E-state index in [4.69, 9.17) is 14.2 Å². The van der Waals surface area contributed by atoms with Crippen molar-refractivity contribution in [3.05, 3.63) is 23.3 Å². The van der Waals surface area contributed by atoms with E-state index in [1.807, 2.05) is 20.8 Å². The van der Waals surface area contributed by atoms with Gasteiger partial charge in [0.1, 0.15) is 11.7 Å². The van der Waals surface area contributed by atoms with Crippen molar-refractivity contribution in [1.82, 2.24) is 0 Å². The molecule has 37 heavy (non-hydrogen) atoms. The molecule has 0 aromatic carbocycles. The molecule has 4 aliphatic carbocycles. The first-order valence-corrected chi connectivity index (χ1v) is 14.0. The minimum absolute atomic E-state index is 0.0603. The third-order valence-corrected chi connectivity index (χ3v) is 12.1.